The van der Waals surface area contributed by atoms with Crippen molar-refractivity contribution in [3.05, 3.63) is 35.0 Å². The maximum Gasteiger partial charge on any atom is 0.309 e. The number of pyridine rings is 1. The number of rotatable bonds is 3. The molecule has 0 saturated carbocycles. The first-order valence-electron chi connectivity index (χ1n) is 5.68. The van der Waals surface area contributed by atoms with Crippen LogP contribution in [0, 0.1) is 13.8 Å². The smallest absolute Gasteiger partial charge is 0.309 e. The molecule has 0 amide bonds. The van der Waals surface area contributed by atoms with E-state index in [1.807, 2.05) is 32.0 Å². The number of ether oxygens (including phenoxy) is 1. The number of aliphatic carboxylic acids is 1. The number of fused-ring (bicyclic) bond motifs is 1. The maximum atomic E-state index is 10.8. The lowest BCUT2D eigenvalue weighted by Gasteiger charge is -2.10. The van der Waals surface area contributed by atoms with Crippen molar-refractivity contribution in [2.24, 2.45) is 0 Å². The highest BCUT2D eigenvalue weighted by atomic mass is 16.5. The lowest BCUT2D eigenvalue weighted by atomic mass is 10.0. The van der Waals surface area contributed by atoms with Gasteiger partial charge in [-0.25, -0.2) is 4.98 Å². The van der Waals surface area contributed by atoms with Crippen LogP contribution in [0.4, 0.5) is 0 Å². The van der Waals surface area contributed by atoms with Gasteiger partial charge in [-0.3, -0.25) is 4.79 Å². The third-order valence-electron chi connectivity index (χ3n) is 2.83. The minimum Gasteiger partial charge on any atom is -0.494 e. The fourth-order valence-electron chi connectivity index (χ4n) is 2.07. The number of hydrogen-bond acceptors (Lipinski definition) is 3. The molecular formula is C14H15NO3. The molecule has 0 radical (unpaired) electrons. The average molecular weight is 245 g/mol. The molecule has 0 aliphatic rings. The number of aryl methyl sites for hydroxylation is 2. The molecule has 1 N–H and O–H groups in total. The van der Waals surface area contributed by atoms with Gasteiger partial charge in [-0.15, -0.1) is 0 Å². The summed E-state index contributed by atoms with van der Waals surface area (Å²) < 4.78 is 5.31. The highest BCUT2D eigenvalue weighted by Gasteiger charge is 2.10. The first kappa shape index (κ1) is 12.4. The molecule has 0 bridgehead atoms. The maximum absolute atomic E-state index is 10.8. The van der Waals surface area contributed by atoms with Gasteiger partial charge in [-0.2, -0.15) is 0 Å². The van der Waals surface area contributed by atoms with E-state index in [-0.39, 0.29) is 6.42 Å². The van der Waals surface area contributed by atoms with Gasteiger partial charge in [0.05, 0.1) is 19.2 Å². The Bertz CT molecular complexity index is 620. The standard InChI is InChI=1S/C14H15NO3/c1-8-4-11-9(2)6-10(7-13(16)17)15-14(11)12(5-8)18-3/h4-6H,7H2,1-3H3,(H,16,17). The SMILES string of the molecule is COc1cc(C)cc2c(C)cc(CC(=O)O)nc12. The molecule has 0 aliphatic heterocycles. The van der Waals surface area contributed by atoms with E-state index in [2.05, 4.69) is 4.98 Å². The highest BCUT2D eigenvalue weighted by Crippen LogP contribution is 2.28. The van der Waals surface area contributed by atoms with Crippen LogP contribution in [0.5, 0.6) is 5.75 Å². The van der Waals surface area contributed by atoms with Gasteiger partial charge in [0.2, 0.25) is 0 Å². The van der Waals surface area contributed by atoms with Gasteiger partial charge >= 0.3 is 5.97 Å². The van der Waals surface area contributed by atoms with Gasteiger partial charge in [0, 0.05) is 5.39 Å². The fraction of sp³-hybridized carbons (Fsp3) is 0.286. The van der Waals surface area contributed by atoms with Crippen molar-refractivity contribution in [1.29, 1.82) is 0 Å². The number of carbonyl (C=O) groups is 1. The van der Waals surface area contributed by atoms with Gasteiger partial charge in [-0.05, 0) is 43.2 Å². The van der Waals surface area contributed by atoms with Crippen LogP contribution in [0.3, 0.4) is 0 Å². The van der Waals surface area contributed by atoms with Crippen molar-refractivity contribution in [2.75, 3.05) is 7.11 Å². The van der Waals surface area contributed by atoms with Crippen LogP contribution in [0.1, 0.15) is 16.8 Å². The third-order valence-corrected chi connectivity index (χ3v) is 2.83. The average Bonchev–Trinajstić information content (AvgIpc) is 2.28. The molecule has 1 aromatic carbocycles. The number of carboxylic acid groups (broad SMARTS) is 1. The van der Waals surface area contributed by atoms with Crippen molar-refractivity contribution in [1.82, 2.24) is 4.98 Å². The van der Waals surface area contributed by atoms with E-state index in [1.54, 1.807) is 7.11 Å². The Balaban J connectivity index is 2.70. The molecule has 0 fully saturated rings. The van der Waals surface area contributed by atoms with Gasteiger partial charge in [-0.1, -0.05) is 0 Å². The first-order chi connectivity index (χ1) is 8.51. The molecule has 1 aromatic heterocycles. The van der Waals surface area contributed by atoms with Crippen LogP contribution >= 0.6 is 0 Å². The Morgan fingerprint density at radius 1 is 1.33 bits per heavy atom. The van der Waals surface area contributed by atoms with Crippen LogP contribution in [0.2, 0.25) is 0 Å². The number of methoxy groups -OCH3 is 1. The van der Waals surface area contributed by atoms with Crippen molar-refractivity contribution in [2.45, 2.75) is 20.3 Å². The quantitative estimate of drug-likeness (QED) is 0.902. The predicted molar refractivity (Wildman–Crippen MR) is 69.1 cm³/mol. The van der Waals surface area contributed by atoms with Crippen LogP contribution < -0.4 is 4.74 Å². The summed E-state index contributed by atoms with van der Waals surface area (Å²) in [6.07, 6.45) is -0.0756. The molecule has 0 saturated heterocycles. The number of hydrogen-bond donors (Lipinski definition) is 1. The van der Waals surface area contributed by atoms with E-state index in [9.17, 15) is 4.79 Å². The summed E-state index contributed by atoms with van der Waals surface area (Å²) in [4.78, 5) is 15.1. The van der Waals surface area contributed by atoms with Crippen molar-refractivity contribution < 1.29 is 14.6 Å². The third kappa shape index (κ3) is 2.27. The Hall–Kier alpha value is -2.10. The molecule has 0 spiro atoms. The molecule has 0 atom stereocenters. The second-order valence-electron chi connectivity index (χ2n) is 4.36. The summed E-state index contributed by atoms with van der Waals surface area (Å²) in [6.45, 7) is 3.95. The zero-order valence-corrected chi connectivity index (χ0v) is 10.7. The van der Waals surface area contributed by atoms with Crippen molar-refractivity contribution >= 4 is 16.9 Å². The molecule has 2 rings (SSSR count). The fourth-order valence-corrected chi connectivity index (χ4v) is 2.07. The normalized spacial score (nSPS) is 10.6. The zero-order valence-electron chi connectivity index (χ0n) is 10.7. The Morgan fingerprint density at radius 3 is 2.67 bits per heavy atom. The molecular weight excluding hydrogens is 230 g/mol. The Kier molecular flexibility index (Phi) is 3.19. The van der Waals surface area contributed by atoms with Gasteiger partial charge in [0.15, 0.2) is 0 Å². The molecule has 0 unspecified atom stereocenters. The van der Waals surface area contributed by atoms with E-state index in [0.29, 0.717) is 11.4 Å². The summed E-state index contributed by atoms with van der Waals surface area (Å²) in [5.41, 5.74) is 3.38. The van der Waals surface area contributed by atoms with E-state index in [1.165, 1.54) is 0 Å². The van der Waals surface area contributed by atoms with E-state index < -0.39 is 5.97 Å². The van der Waals surface area contributed by atoms with E-state index in [4.69, 9.17) is 9.84 Å². The van der Waals surface area contributed by atoms with E-state index in [0.717, 1.165) is 22.0 Å². The summed E-state index contributed by atoms with van der Waals surface area (Å²) in [5, 5.41) is 9.83. The van der Waals surface area contributed by atoms with Crippen molar-refractivity contribution in [3.63, 3.8) is 0 Å². The largest absolute Gasteiger partial charge is 0.494 e. The zero-order chi connectivity index (χ0) is 13.3. The molecule has 94 valence electrons. The van der Waals surface area contributed by atoms with Crippen LogP contribution in [-0.4, -0.2) is 23.2 Å². The molecule has 4 heteroatoms. The second kappa shape index (κ2) is 4.64. The van der Waals surface area contributed by atoms with Gasteiger partial charge in [0.25, 0.3) is 0 Å². The molecule has 4 nitrogen and oxygen atoms in total. The van der Waals surface area contributed by atoms with Crippen molar-refractivity contribution in [3.8, 4) is 5.75 Å². The van der Waals surface area contributed by atoms with E-state index >= 15 is 0 Å². The molecule has 1 heterocycles. The number of carboxylic acids is 1. The minimum atomic E-state index is -0.882. The first-order valence-corrected chi connectivity index (χ1v) is 5.68. The van der Waals surface area contributed by atoms with Crippen LogP contribution in [-0.2, 0) is 11.2 Å². The number of benzene rings is 1. The summed E-state index contributed by atoms with van der Waals surface area (Å²) in [7, 11) is 1.59. The second-order valence-corrected chi connectivity index (χ2v) is 4.36. The molecule has 0 aliphatic carbocycles. The predicted octanol–water partition coefficient (Wildman–Crippen LogP) is 2.49. The Labute approximate surface area is 105 Å². The lowest BCUT2D eigenvalue weighted by Crippen LogP contribution is -2.03. The lowest BCUT2D eigenvalue weighted by molar-refractivity contribution is -0.136. The topological polar surface area (TPSA) is 59.4 Å². The van der Waals surface area contributed by atoms with Crippen LogP contribution in [0.25, 0.3) is 10.9 Å². The summed E-state index contributed by atoms with van der Waals surface area (Å²) >= 11 is 0. The highest BCUT2D eigenvalue weighted by molar-refractivity contribution is 5.88. The summed E-state index contributed by atoms with van der Waals surface area (Å²) in [6, 6.07) is 5.75. The summed E-state index contributed by atoms with van der Waals surface area (Å²) in [5.74, 6) is -0.201. The minimum absolute atomic E-state index is 0.0756. The number of aromatic nitrogens is 1. The number of nitrogens with zero attached hydrogens (tertiary/aromatic N) is 1. The van der Waals surface area contributed by atoms with Gasteiger partial charge in [0.1, 0.15) is 11.3 Å². The molecule has 2 aromatic rings. The Morgan fingerprint density at radius 2 is 2.06 bits per heavy atom. The van der Waals surface area contributed by atoms with Gasteiger partial charge < -0.3 is 9.84 Å². The monoisotopic (exact) mass is 245 g/mol. The molecule has 18 heavy (non-hydrogen) atoms. The van der Waals surface area contributed by atoms with Crippen LogP contribution in [0.15, 0.2) is 18.2 Å².